The molecular weight excluding hydrogens is 372 g/mol. The Labute approximate surface area is 135 Å². The van der Waals surface area contributed by atoms with E-state index in [-0.39, 0.29) is 22.0 Å². The maximum absolute atomic E-state index is 12.2. The van der Waals surface area contributed by atoms with Gasteiger partial charge in [-0.15, -0.1) is 0 Å². The monoisotopic (exact) mass is 380 g/mol. The Hall–Kier alpha value is -2.31. The lowest BCUT2D eigenvalue weighted by molar-refractivity contribution is 0.102. The molecular formula is C13H9BrN4O3S. The third-order valence-corrected chi connectivity index (χ3v) is 4.21. The van der Waals surface area contributed by atoms with E-state index in [1.807, 2.05) is 6.07 Å². The highest BCUT2D eigenvalue weighted by atomic mass is 79.9. The quantitative estimate of drug-likeness (QED) is 0.867. The van der Waals surface area contributed by atoms with Crippen LogP contribution in [0, 0.1) is 11.3 Å². The number of halogens is 1. The van der Waals surface area contributed by atoms with Crippen molar-refractivity contribution in [2.75, 3.05) is 11.6 Å². The SMILES string of the molecule is CS(=O)(=O)c1ncccc1NC(=O)c1cnc(C#N)c(Br)c1. The summed E-state index contributed by atoms with van der Waals surface area (Å²) in [6.45, 7) is 0. The van der Waals surface area contributed by atoms with Crippen LogP contribution in [0.5, 0.6) is 0 Å². The molecule has 112 valence electrons. The summed E-state index contributed by atoms with van der Waals surface area (Å²) in [6, 6.07) is 6.24. The lowest BCUT2D eigenvalue weighted by atomic mass is 10.2. The van der Waals surface area contributed by atoms with Crippen LogP contribution in [0.2, 0.25) is 0 Å². The Morgan fingerprint density at radius 2 is 2.14 bits per heavy atom. The molecule has 0 bridgehead atoms. The highest BCUT2D eigenvalue weighted by Gasteiger charge is 2.17. The molecule has 2 rings (SSSR count). The van der Waals surface area contributed by atoms with Gasteiger partial charge in [0.15, 0.2) is 20.6 Å². The highest BCUT2D eigenvalue weighted by molar-refractivity contribution is 9.10. The van der Waals surface area contributed by atoms with Gasteiger partial charge in [-0.3, -0.25) is 4.79 Å². The van der Waals surface area contributed by atoms with Gasteiger partial charge in [0.25, 0.3) is 5.91 Å². The van der Waals surface area contributed by atoms with Crippen LogP contribution in [0.3, 0.4) is 0 Å². The lowest BCUT2D eigenvalue weighted by Gasteiger charge is -2.09. The summed E-state index contributed by atoms with van der Waals surface area (Å²) < 4.78 is 23.7. The number of pyridine rings is 2. The van der Waals surface area contributed by atoms with Crippen molar-refractivity contribution in [1.82, 2.24) is 9.97 Å². The summed E-state index contributed by atoms with van der Waals surface area (Å²) in [5, 5.41) is 11.0. The van der Waals surface area contributed by atoms with Crippen molar-refractivity contribution >= 4 is 37.4 Å². The summed E-state index contributed by atoms with van der Waals surface area (Å²) in [5.74, 6) is -0.560. The van der Waals surface area contributed by atoms with Crippen molar-refractivity contribution in [1.29, 1.82) is 5.26 Å². The molecule has 0 aliphatic carbocycles. The zero-order valence-corrected chi connectivity index (χ0v) is 13.6. The molecule has 0 saturated carbocycles. The van der Waals surface area contributed by atoms with E-state index >= 15 is 0 Å². The maximum Gasteiger partial charge on any atom is 0.257 e. The average Bonchev–Trinajstić information content (AvgIpc) is 2.46. The zero-order chi connectivity index (χ0) is 16.3. The van der Waals surface area contributed by atoms with Gasteiger partial charge in [0.2, 0.25) is 0 Å². The summed E-state index contributed by atoms with van der Waals surface area (Å²) in [7, 11) is -3.57. The Kier molecular flexibility index (Phi) is 4.54. The van der Waals surface area contributed by atoms with Gasteiger partial charge in [-0.05, 0) is 34.1 Å². The molecule has 0 saturated heterocycles. The second-order valence-electron chi connectivity index (χ2n) is 4.25. The number of sulfone groups is 1. The molecule has 1 amide bonds. The Morgan fingerprint density at radius 3 is 2.73 bits per heavy atom. The van der Waals surface area contributed by atoms with Crippen LogP contribution < -0.4 is 5.32 Å². The number of aromatic nitrogens is 2. The third-order valence-electron chi connectivity index (χ3n) is 2.58. The molecule has 2 heterocycles. The second kappa shape index (κ2) is 6.21. The number of amides is 1. The molecule has 0 fully saturated rings. The minimum Gasteiger partial charge on any atom is -0.319 e. The number of nitriles is 1. The van der Waals surface area contributed by atoms with Crippen molar-refractivity contribution in [3.05, 3.63) is 46.3 Å². The molecule has 2 aromatic rings. The fourth-order valence-electron chi connectivity index (χ4n) is 1.62. The van der Waals surface area contributed by atoms with Gasteiger partial charge in [0.1, 0.15) is 6.07 Å². The van der Waals surface area contributed by atoms with Crippen molar-refractivity contribution in [2.45, 2.75) is 5.03 Å². The number of anilines is 1. The van der Waals surface area contributed by atoms with Gasteiger partial charge in [0, 0.05) is 18.6 Å². The molecule has 9 heteroatoms. The van der Waals surface area contributed by atoms with E-state index in [4.69, 9.17) is 5.26 Å². The maximum atomic E-state index is 12.2. The predicted octanol–water partition coefficient (Wildman–Crippen LogP) is 1.77. The molecule has 0 radical (unpaired) electrons. The van der Waals surface area contributed by atoms with E-state index < -0.39 is 15.7 Å². The minimum absolute atomic E-state index is 0.0792. The molecule has 2 aromatic heterocycles. The van der Waals surface area contributed by atoms with Gasteiger partial charge in [-0.2, -0.15) is 5.26 Å². The van der Waals surface area contributed by atoms with Gasteiger partial charge < -0.3 is 5.32 Å². The molecule has 0 unspecified atom stereocenters. The Morgan fingerprint density at radius 1 is 1.41 bits per heavy atom. The smallest absolute Gasteiger partial charge is 0.257 e. The van der Waals surface area contributed by atoms with Gasteiger partial charge in [0.05, 0.1) is 15.7 Å². The molecule has 0 spiro atoms. The zero-order valence-electron chi connectivity index (χ0n) is 11.2. The summed E-state index contributed by atoms with van der Waals surface area (Å²) >= 11 is 3.13. The number of hydrogen-bond acceptors (Lipinski definition) is 6. The number of carbonyl (C=O) groups excluding carboxylic acids is 1. The van der Waals surface area contributed by atoms with E-state index in [1.165, 1.54) is 30.6 Å². The summed E-state index contributed by atoms with van der Waals surface area (Å²) in [5.41, 5.74) is 0.402. The topological polar surface area (TPSA) is 113 Å². The normalized spacial score (nSPS) is 10.8. The summed E-state index contributed by atoms with van der Waals surface area (Å²) in [6.07, 6.45) is 3.56. The van der Waals surface area contributed by atoms with E-state index in [9.17, 15) is 13.2 Å². The van der Waals surface area contributed by atoms with Crippen molar-refractivity contribution in [2.24, 2.45) is 0 Å². The molecule has 7 nitrogen and oxygen atoms in total. The number of nitrogens with zero attached hydrogens (tertiary/aromatic N) is 3. The first-order valence-electron chi connectivity index (χ1n) is 5.85. The fourth-order valence-corrected chi connectivity index (χ4v) is 2.83. The van der Waals surface area contributed by atoms with Crippen molar-refractivity contribution in [3.8, 4) is 6.07 Å². The number of nitrogens with one attached hydrogen (secondary N) is 1. The lowest BCUT2D eigenvalue weighted by Crippen LogP contribution is -2.15. The third kappa shape index (κ3) is 3.47. The van der Waals surface area contributed by atoms with Gasteiger partial charge in [-0.25, -0.2) is 18.4 Å². The van der Waals surface area contributed by atoms with Gasteiger partial charge in [-0.1, -0.05) is 0 Å². The first kappa shape index (κ1) is 16.1. The Balaban J connectivity index is 2.35. The fraction of sp³-hybridized carbons (Fsp3) is 0.0769. The number of rotatable bonds is 3. The van der Waals surface area contributed by atoms with Crippen LogP contribution >= 0.6 is 15.9 Å². The van der Waals surface area contributed by atoms with E-state index in [2.05, 4.69) is 31.2 Å². The molecule has 0 atom stereocenters. The van der Waals surface area contributed by atoms with Crippen LogP contribution in [-0.4, -0.2) is 30.5 Å². The van der Waals surface area contributed by atoms with E-state index in [0.29, 0.717) is 4.47 Å². The van der Waals surface area contributed by atoms with Crippen LogP contribution in [0.25, 0.3) is 0 Å². The summed E-state index contributed by atoms with van der Waals surface area (Å²) in [4.78, 5) is 19.8. The molecule has 0 aliphatic rings. The highest BCUT2D eigenvalue weighted by Crippen LogP contribution is 2.20. The first-order valence-corrected chi connectivity index (χ1v) is 8.53. The van der Waals surface area contributed by atoms with E-state index in [1.54, 1.807) is 0 Å². The largest absolute Gasteiger partial charge is 0.319 e. The van der Waals surface area contributed by atoms with Crippen LogP contribution in [0.4, 0.5) is 5.69 Å². The second-order valence-corrected chi connectivity index (χ2v) is 7.03. The van der Waals surface area contributed by atoms with Crippen LogP contribution in [0.15, 0.2) is 40.1 Å². The molecule has 0 aromatic carbocycles. The van der Waals surface area contributed by atoms with Gasteiger partial charge >= 0.3 is 0 Å². The number of hydrogen-bond donors (Lipinski definition) is 1. The van der Waals surface area contributed by atoms with Crippen molar-refractivity contribution < 1.29 is 13.2 Å². The first-order chi connectivity index (χ1) is 10.3. The van der Waals surface area contributed by atoms with E-state index in [0.717, 1.165) is 6.26 Å². The standard InChI is InChI=1S/C13H9BrN4O3S/c1-22(20,21)13-10(3-2-4-16-13)18-12(19)8-5-9(14)11(6-15)17-7-8/h2-5,7H,1H3,(H,18,19). The molecule has 1 N–H and O–H groups in total. The van der Waals surface area contributed by atoms with Crippen molar-refractivity contribution in [3.63, 3.8) is 0 Å². The molecule has 22 heavy (non-hydrogen) atoms. The average molecular weight is 381 g/mol. The predicted molar refractivity (Wildman–Crippen MR) is 82.0 cm³/mol. The van der Waals surface area contributed by atoms with Crippen LogP contribution in [0.1, 0.15) is 16.1 Å². The number of carbonyl (C=O) groups is 1. The Bertz CT molecular complexity index is 890. The molecule has 0 aliphatic heterocycles. The minimum atomic E-state index is -3.57. The van der Waals surface area contributed by atoms with Crippen LogP contribution in [-0.2, 0) is 9.84 Å².